The molecule has 0 aromatic carbocycles. The summed E-state index contributed by atoms with van der Waals surface area (Å²) in [7, 11) is 1.31. The summed E-state index contributed by atoms with van der Waals surface area (Å²) in [6, 6.07) is 0. The minimum absolute atomic E-state index is 0.104. The number of morpholine rings is 1. The van der Waals surface area contributed by atoms with Crippen molar-refractivity contribution in [2.24, 2.45) is 11.8 Å². The van der Waals surface area contributed by atoms with Crippen LogP contribution in [0, 0.1) is 11.8 Å². The van der Waals surface area contributed by atoms with Crippen LogP contribution in [0.3, 0.4) is 0 Å². The maximum Gasteiger partial charge on any atom is 0.308 e. The summed E-state index contributed by atoms with van der Waals surface area (Å²) >= 11 is 0. The summed E-state index contributed by atoms with van der Waals surface area (Å²) < 4.78 is 10.1. The van der Waals surface area contributed by atoms with Gasteiger partial charge in [-0.15, -0.1) is 0 Å². The lowest BCUT2D eigenvalue weighted by Gasteiger charge is -2.34. The van der Waals surface area contributed by atoms with Gasteiger partial charge in [0.25, 0.3) is 0 Å². The number of methoxy groups -OCH3 is 1. The predicted octanol–water partition coefficient (Wildman–Crippen LogP) is 0.278. The van der Waals surface area contributed by atoms with E-state index in [2.05, 4.69) is 4.74 Å². The van der Waals surface area contributed by atoms with Gasteiger partial charge >= 0.3 is 11.9 Å². The van der Waals surface area contributed by atoms with Crippen molar-refractivity contribution >= 4 is 17.8 Å². The normalized spacial score (nSPS) is 29.2. The summed E-state index contributed by atoms with van der Waals surface area (Å²) in [5.41, 5.74) is 0. The molecule has 118 valence electrons. The van der Waals surface area contributed by atoms with E-state index in [9.17, 15) is 19.5 Å². The number of hydrogen-bond donors (Lipinski definition) is 1. The number of carbonyl (C=O) groups is 3. The van der Waals surface area contributed by atoms with Crippen LogP contribution < -0.4 is 0 Å². The fraction of sp³-hybridized carbons (Fsp3) is 0.786. The summed E-state index contributed by atoms with van der Waals surface area (Å²) in [5.74, 6) is -2.43. The first-order chi connectivity index (χ1) is 10.0. The number of rotatable bonds is 4. The van der Waals surface area contributed by atoms with Crippen LogP contribution in [0.25, 0.3) is 0 Å². The van der Waals surface area contributed by atoms with Crippen LogP contribution >= 0.6 is 0 Å². The number of ether oxygens (including phenoxy) is 2. The first-order valence-corrected chi connectivity index (χ1v) is 7.23. The third kappa shape index (κ3) is 3.72. The zero-order valence-corrected chi connectivity index (χ0v) is 12.1. The molecular formula is C14H21NO6. The molecule has 1 N–H and O–H groups in total. The number of carboxylic acids is 1. The minimum Gasteiger partial charge on any atom is -0.481 e. The Kier molecular flexibility index (Phi) is 5.17. The van der Waals surface area contributed by atoms with Crippen molar-refractivity contribution in [1.29, 1.82) is 0 Å². The van der Waals surface area contributed by atoms with E-state index in [1.165, 1.54) is 7.11 Å². The summed E-state index contributed by atoms with van der Waals surface area (Å²) in [6.07, 6.45) is 1.67. The number of aliphatic carboxylic acids is 1. The Balaban J connectivity index is 1.95. The van der Waals surface area contributed by atoms with E-state index in [1.807, 2.05) is 0 Å². The van der Waals surface area contributed by atoms with Gasteiger partial charge in [0.15, 0.2) is 0 Å². The van der Waals surface area contributed by atoms with Crippen LogP contribution in [0.2, 0.25) is 0 Å². The van der Waals surface area contributed by atoms with E-state index in [4.69, 9.17) is 4.74 Å². The summed E-state index contributed by atoms with van der Waals surface area (Å²) in [4.78, 5) is 36.6. The topological polar surface area (TPSA) is 93.1 Å². The molecule has 1 aliphatic carbocycles. The molecule has 0 radical (unpaired) electrons. The smallest absolute Gasteiger partial charge is 0.308 e. The molecule has 21 heavy (non-hydrogen) atoms. The van der Waals surface area contributed by atoms with Gasteiger partial charge in [0.05, 0.1) is 38.1 Å². The van der Waals surface area contributed by atoms with Crippen LogP contribution in [-0.4, -0.2) is 60.8 Å². The Morgan fingerprint density at radius 3 is 2.67 bits per heavy atom. The number of esters is 1. The molecule has 0 bridgehead atoms. The molecule has 2 rings (SSSR count). The number of carbonyl (C=O) groups excluding carboxylic acids is 2. The van der Waals surface area contributed by atoms with Crippen molar-refractivity contribution in [2.45, 2.75) is 31.8 Å². The first kappa shape index (κ1) is 15.8. The van der Waals surface area contributed by atoms with Crippen LogP contribution in [0.5, 0.6) is 0 Å². The van der Waals surface area contributed by atoms with Gasteiger partial charge in [-0.05, 0) is 12.8 Å². The van der Waals surface area contributed by atoms with E-state index < -0.39 is 17.8 Å². The fourth-order valence-corrected chi connectivity index (χ4v) is 3.10. The third-order valence-corrected chi connectivity index (χ3v) is 4.22. The minimum atomic E-state index is -0.898. The monoisotopic (exact) mass is 299 g/mol. The Bertz CT molecular complexity index is 424. The SMILES string of the molecule is COC(=O)CC1CN(C(=O)C2CCCC2C(=O)O)CCO1. The second-order valence-electron chi connectivity index (χ2n) is 5.54. The molecule has 1 saturated carbocycles. The highest BCUT2D eigenvalue weighted by molar-refractivity contribution is 5.85. The quantitative estimate of drug-likeness (QED) is 0.749. The van der Waals surface area contributed by atoms with Crippen LogP contribution in [0.1, 0.15) is 25.7 Å². The van der Waals surface area contributed by atoms with Crippen LogP contribution in [0.4, 0.5) is 0 Å². The van der Waals surface area contributed by atoms with E-state index in [0.717, 1.165) is 6.42 Å². The maximum atomic E-state index is 12.5. The molecule has 7 heteroatoms. The van der Waals surface area contributed by atoms with Crippen molar-refractivity contribution in [1.82, 2.24) is 4.90 Å². The second kappa shape index (κ2) is 6.89. The number of nitrogens with zero attached hydrogens (tertiary/aromatic N) is 1. The van der Waals surface area contributed by atoms with Gasteiger partial charge in [-0.3, -0.25) is 14.4 Å². The lowest BCUT2D eigenvalue weighted by molar-refractivity contribution is -0.155. The van der Waals surface area contributed by atoms with E-state index >= 15 is 0 Å². The molecule has 0 aromatic rings. The van der Waals surface area contributed by atoms with Gasteiger partial charge in [0.2, 0.25) is 5.91 Å². The standard InChI is InChI=1S/C14H21NO6/c1-20-12(16)7-9-8-15(5-6-21-9)13(17)10-3-2-4-11(10)14(18)19/h9-11H,2-8H2,1H3,(H,18,19). The highest BCUT2D eigenvalue weighted by Gasteiger charge is 2.40. The average molecular weight is 299 g/mol. The third-order valence-electron chi connectivity index (χ3n) is 4.22. The van der Waals surface area contributed by atoms with Crippen molar-refractivity contribution in [3.63, 3.8) is 0 Å². The lowest BCUT2D eigenvalue weighted by atomic mass is 9.94. The maximum absolute atomic E-state index is 12.5. The van der Waals surface area contributed by atoms with Gasteiger partial charge in [-0.25, -0.2) is 0 Å². The van der Waals surface area contributed by atoms with Gasteiger partial charge in [-0.1, -0.05) is 6.42 Å². The largest absolute Gasteiger partial charge is 0.481 e. The number of hydrogen-bond acceptors (Lipinski definition) is 5. The number of carboxylic acid groups (broad SMARTS) is 1. The molecule has 0 spiro atoms. The Morgan fingerprint density at radius 2 is 2.00 bits per heavy atom. The molecule has 1 amide bonds. The Labute approximate surface area is 123 Å². The highest BCUT2D eigenvalue weighted by Crippen LogP contribution is 2.33. The molecular weight excluding hydrogens is 278 g/mol. The van der Waals surface area contributed by atoms with Gasteiger partial charge in [0, 0.05) is 13.1 Å². The lowest BCUT2D eigenvalue weighted by Crippen LogP contribution is -2.49. The van der Waals surface area contributed by atoms with Crippen molar-refractivity contribution in [3.05, 3.63) is 0 Å². The molecule has 3 atom stereocenters. The molecule has 2 aliphatic rings. The molecule has 0 aromatic heterocycles. The second-order valence-corrected chi connectivity index (χ2v) is 5.54. The predicted molar refractivity (Wildman–Crippen MR) is 71.4 cm³/mol. The highest BCUT2D eigenvalue weighted by atomic mass is 16.5. The van der Waals surface area contributed by atoms with Gasteiger partial charge in [0.1, 0.15) is 0 Å². The van der Waals surface area contributed by atoms with Crippen LogP contribution in [0.15, 0.2) is 0 Å². The zero-order valence-electron chi connectivity index (χ0n) is 12.1. The Morgan fingerprint density at radius 1 is 1.29 bits per heavy atom. The molecule has 1 heterocycles. The van der Waals surface area contributed by atoms with Crippen molar-refractivity contribution < 1.29 is 29.0 Å². The fourth-order valence-electron chi connectivity index (χ4n) is 3.10. The molecule has 7 nitrogen and oxygen atoms in total. The average Bonchev–Trinajstić information content (AvgIpc) is 2.96. The van der Waals surface area contributed by atoms with E-state index in [0.29, 0.717) is 32.5 Å². The first-order valence-electron chi connectivity index (χ1n) is 7.23. The van der Waals surface area contributed by atoms with E-state index in [-0.39, 0.29) is 24.4 Å². The Hall–Kier alpha value is -1.63. The zero-order chi connectivity index (χ0) is 15.4. The molecule has 3 unspecified atom stereocenters. The van der Waals surface area contributed by atoms with Gasteiger partial charge in [-0.2, -0.15) is 0 Å². The van der Waals surface area contributed by atoms with Crippen molar-refractivity contribution in [3.8, 4) is 0 Å². The molecule has 2 fully saturated rings. The van der Waals surface area contributed by atoms with Gasteiger partial charge < -0.3 is 19.5 Å². The molecule has 1 saturated heterocycles. The van der Waals surface area contributed by atoms with Crippen molar-refractivity contribution in [2.75, 3.05) is 26.8 Å². The van der Waals surface area contributed by atoms with E-state index in [1.54, 1.807) is 4.90 Å². The summed E-state index contributed by atoms with van der Waals surface area (Å²) in [6.45, 7) is 1.12. The summed E-state index contributed by atoms with van der Waals surface area (Å²) in [5, 5.41) is 9.18. The molecule has 1 aliphatic heterocycles. The van der Waals surface area contributed by atoms with Crippen LogP contribution in [-0.2, 0) is 23.9 Å². The number of amides is 1.